The van der Waals surface area contributed by atoms with Crippen molar-refractivity contribution in [3.8, 4) is 0 Å². The lowest BCUT2D eigenvalue weighted by Gasteiger charge is -2.06. The van der Waals surface area contributed by atoms with Gasteiger partial charge >= 0.3 is 5.97 Å². The average Bonchev–Trinajstić information content (AvgIpc) is 3.06. The minimum Gasteiger partial charge on any atom is -0.462 e. The Labute approximate surface area is 94.4 Å². The summed E-state index contributed by atoms with van der Waals surface area (Å²) in [4.78, 5) is 11.6. The summed E-state index contributed by atoms with van der Waals surface area (Å²) >= 11 is 0. The molecule has 1 saturated carbocycles. The van der Waals surface area contributed by atoms with E-state index in [1.54, 1.807) is 19.1 Å². The van der Waals surface area contributed by atoms with Gasteiger partial charge in [0, 0.05) is 0 Å². The molecule has 0 atom stereocenters. The molecule has 0 bridgehead atoms. The van der Waals surface area contributed by atoms with E-state index >= 15 is 0 Å². The molecule has 2 nitrogen and oxygen atoms in total. The smallest absolute Gasteiger partial charge is 0.341 e. The Balaban J connectivity index is 1.93. The quantitative estimate of drug-likeness (QED) is 0.732. The van der Waals surface area contributed by atoms with Gasteiger partial charge in [-0.2, -0.15) is 0 Å². The van der Waals surface area contributed by atoms with E-state index < -0.39 is 11.8 Å². The largest absolute Gasteiger partial charge is 0.462 e. The number of benzene rings is 1. The molecule has 0 spiro atoms. The molecule has 0 saturated heterocycles. The van der Waals surface area contributed by atoms with E-state index in [2.05, 4.69) is 0 Å². The van der Waals surface area contributed by atoms with Crippen LogP contribution in [0.2, 0.25) is 0 Å². The molecule has 0 N–H and O–H groups in total. The third-order valence-corrected chi connectivity index (χ3v) is 2.87. The van der Waals surface area contributed by atoms with Crippen molar-refractivity contribution in [2.24, 2.45) is 5.92 Å². The van der Waals surface area contributed by atoms with Gasteiger partial charge in [-0.15, -0.1) is 0 Å². The molecule has 2 rings (SSSR count). The van der Waals surface area contributed by atoms with E-state index in [0.717, 1.165) is 12.3 Å². The monoisotopic (exact) mass is 222 g/mol. The molecule has 3 heteroatoms. The summed E-state index contributed by atoms with van der Waals surface area (Å²) in [6.07, 6.45) is 3.37. The molecule has 0 aliphatic heterocycles. The van der Waals surface area contributed by atoms with Crippen LogP contribution in [0.3, 0.4) is 0 Å². The van der Waals surface area contributed by atoms with Crippen molar-refractivity contribution in [3.63, 3.8) is 0 Å². The summed E-state index contributed by atoms with van der Waals surface area (Å²) in [5.41, 5.74) is 0.507. The number of hydrogen-bond donors (Lipinski definition) is 0. The molecule has 0 amide bonds. The highest BCUT2D eigenvalue weighted by Gasteiger charge is 2.22. The second-order valence-electron chi connectivity index (χ2n) is 4.30. The van der Waals surface area contributed by atoms with Crippen LogP contribution in [0.25, 0.3) is 0 Å². The highest BCUT2D eigenvalue weighted by molar-refractivity contribution is 5.89. The van der Waals surface area contributed by atoms with Crippen LogP contribution in [0.1, 0.15) is 35.2 Å². The van der Waals surface area contributed by atoms with Crippen molar-refractivity contribution in [1.29, 1.82) is 0 Å². The van der Waals surface area contributed by atoms with E-state index in [9.17, 15) is 9.18 Å². The predicted molar refractivity (Wildman–Crippen MR) is 58.8 cm³/mol. The van der Waals surface area contributed by atoms with Gasteiger partial charge in [-0.05, 0) is 30.9 Å². The topological polar surface area (TPSA) is 26.3 Å². The van der Waals surface area contributed by atoms with E-state index in [4.69, 9.17) is 4.74 Å². The number of ether oxygens (including phenoxy) is 1. The van der Waals surface area contributed by atoms with Gasteiger partial charge in [0.15, 0.2) is 0 Å². The van der Waals surface area contributed by atoms with Crippen LogP contribution in [0.15, 0.2) is 18.2 Å². The molecule has 1 aromatic rings. The fourth-order valence-corrected chi connectivity index (χ4v) is 1.61. The number of carbonyl (C=O) groups excluding carboxylic acids is 1. The molecule has 86 valence electrons. The first kappa shape index (κ1) is 11.1. The molecular formula is C13H15FO2. The van der Waals surface area contributed by atoms with Crippen LogP contribution in [0.5, 0.6) is 0 Å². The molecule has 0 heterocycles. The van der Waals surface area contributed by atoms with Crippen molar-refractivity contribution in [2.45, 2.75) is 26.2 Å². The van der Waals surface area contributed by atoms with Crippen LogP contribution in [0.4, 0.5) is 4.39 Å². The van der Waals surface area contributed by atoms with Crippen molar-refractivity contribution >= 4 is 5.97 Å². The normalized spacial score (nSPS) is 14.9. The highest BCUT2D eigenvalue weighted by Crippen LogP contribution is 2.32. The zero-order valence-electron chi connectivity index (χ0n) is 9.33. The SMILES string of the molecule is Cc1cccc(C(=O)OCCC2CC2)c1F. The average molecular weight is 222 g/mol. The number of hydrogen-bond acceptors (Lipinski definition) is 2. The van der Waals surface area contributed by atoms with Gasteiger partial charge in [-0.1, -0.05) is 25.0 Å². The van der Waals surface area contributed by atoms with Gasteiger partial charge < -0.3 is 4.74 Å². The lowest BCUT2D eigenvalue weighted by molar-refractivity contribution is 0.0489. The van der Waals surface area contributed by atoms with E-state index in [-0.39, 0.29) is 5.56 Å². The Morgan fingerprint density at radius 3 is 2.94 bits per heavy atom. The van der Waals surface area contributed by atoms with E-state index in [1.165, 1.54) is 18.9 Å². The first-order valence-electron chi connectivity index (χ1n) is 5.60. The molecule has 1 fully saturated rings. The Kier molecular flexibility index (Phi) is 3.22. The maximum atomic E-state index is 13.5. The minimum atomic E-state index is -0.554. The molecule has 0 aromatic heterocycles. The maximum Gasteiger partial charge on any atom is 0.341 e. The molecule has 16 heavy (non-hydrogen) atoms. The van der Waals surface area contributed by atoms with Crippen LogP contribution in [0, 0.1) is 18.7 Å². The second kappa shape index (κ2) is 4.64. The predicted octanol–water partition coefficient (Wildman–Crippen LogP) is 3.09. The van der Waals surface area contributed by atoms with Gasteiger partial charge in [0.25, 0.3) is 0 Å². The Hall–Kier alpha value is -1.38. The fraction of sp³-hybridized carbons (Fsp3) is 0.462. The summed E-state index contributed by atoms with van der Waals surface area (Å²) in [6.45, 7) is 2.03. The zero-order valence-corrected chi connectivity index (χ0v) is 9.33. The maximum absolute atomic E-state index is 13.5. The third-order valence-electron chi connectivity index (χ3n) is 2.87. The molecule has 1 aromatic carbocycles. The van der Waals surface area contributed by atoms with Gasteiger partial charge in [0.2, 0.25) is 0 Å². The van der Waals surface area contributed by atoms with Gasteiger partial charge in [0.1, 0.15) is 5.82 Å². The lowest BCUT2D eigenvalue weighted by atomic mass is 10.1. The van der Waals surface area contributed by atoms with Crippen molar-refractivity contribution in [3.05, 3.63) is 35.1 Å². The first-order valence-corrected chi connectivity index (χ1v) is 5.60. The number of rotatable bonds is 4. The van der Waals surface area contributed by atoms with Crippen molar-refractivity contribution < 1.29 is 13.9 Å². The second-order valence-corrected chi connectivity index (χ2v) is 4.30. The number of carbonyl (C=O) groups is 1. The van der Waals surface area contributed by atoms with Crippen LogP contribution in [-0.2, 0) is 4.74 Å². The van der Waals surface area contributed by atoms with Crippen LogP contribution >= 0.6 is 0 Å². The molecule has 0 radical (unpaired) electrons. The Bertz CT molecular complexity index is 397. The number of esters is 1. The van der Waals surface area contributed by atoms with Gasteiger partial charge in [0.05, 0.1) is 12.2 Å². The lowest BCUT2D eigenvalue weighted by Crippen LogP contribution is -2.09. The number of aryl methyl sites for hydroxylation is 1. The summed E-state index contributed by atoms with van der Waals surface area (Å²) in [5, 5.41) is 0. The number of halogens is 1. The molecular weight excluding hydrogens is 207 g/mol. The standard InChI is InChI=1S/C13H15FO2/c1-9-3-2-4-11(12(9)14)13(15)16-8-7-10-5-6-10/h2-4,10H,5-8H2,1H3. The summed E-state index contributed by atoms with van der Waals surface area (Å²) in [6, 6.07) is 4.76. The Morgan fingerprint density at radius 1 is 1.50 bits per heavy atom. The van der Waals surface area contributed by atoms with Gasteiger partial charge in [-0.25, -0.2) is 9.18 Å². The van der Waals surface area contributed by atoms with E-state index in [0.29, 0.717) is 12.2 Å². The Morgan fingerprint density at radius 2 is 2.25 bits per heavy atom. The molecule has 1 aliphatic rings. The van der Waals surface area contributed by atoms with Crippen LogP contribution < -0.4 is 0 Å². The molecule has 1 aliphatic carbocycles. The highest BCUT2D eigenvalue weighted by atomic mass is 19.1. The summed E-state index contributed by atoms with van der Waals surface area (Å²) in [5.74, 6) is -0.309. The summed E-state index contributed by atoms with van der Waals surface area (Å²) < 4.78 is 18.6. The van der Waals surface area contributed by atoms with Crippen molar-refractivity contribution in [2.75, 3.05) is 6.61 Å². The third kappa shape index (κ3) is 2.60. The van der Waals surface area contributed by atoms with E-state index in [1.807, 2.05) is 0 Å². The minimum absolute atomic E-state index is 0.0378. The molecule has 0 unspecified atom stereocenters. The van der Waals surface area contributed by atoms with Gasteiger partial charge in [-0.3, -0.25) is 0 Å². The first-order chi connectivity index (χ1) is 7.68. The summed E-state index contributed by atoms with van der Waals surface area (Å²) in [7, 11) is 0. The van der Waals surface area contributed by atoms with Crippen LogP contribution in [-0.4, -0.2) is 12.6 Å². The zero-order chi connectivity index (χ0) is 11.5. The van der Waals surface area contributed by atoms with Crippen molar-refractivity contribution in [1.82, 2.24) is 0 Å². The fourth-order valence-electron chi connectivity index (χ4n) is 1.61.